The molecule has 31 heavy (non-hydrogen) atoms. The molecular formula is C20H21F3N2O5S. The number of piperazine rings is 1. The van der Waals surface area contributed by atoms with Gasteiger partial charge in [-0.25, -0.2) is 13.2 Å². The number of carboxylic acids is 1. The van der Waals surface area contributed by atoms with Crippen molar-refractivity contribution in [1.82, 2.24) is 9.21 Å². The monoisotopic (exact) mass is 458 g/mol. The van der Waals surface area contributed by atoms with Crippen molar-refractivity contribution in [1.29, 1.82) is 0 Å². The molecule has 0 radical (unpaired) electrons. The van der Waals surface area contributed by atoms with E-state index in [4.69, 9.17) is 9.84 Å². The van der Waals surface area contributed by atoms with Gasteiger partial charge in [0.15, 0.2) is 6.61 Å². The number of ether oxygens (including phenoxy) is 1. The number of rotatable bonds is 6. The maximum atomic E-state index is 13.9. The van der Waals surface area contributed by atoms with Crippen LogP contribution in [0.1, 0.15) is 5.56 Å². The lowest BCUT2D eigenvalue weighted by molar-refractivity contribution is -0.141. The van der Waals surface area contributed by atoms with Gasteiger partial charge in [0, 0.05) is 37.8 Å². The Bertz CT molecular complexity index is 1050. The second kappa shape index (κ2) is 8.85. The molecule has 11 heteroatoms. The largest absolute Gasteiger partial charge is 0.481 e. The molecule has 0 unspecified atom stereocenters. The first kappa shape index (κ1) is 23.0. The number of benzene rings is 2. The van der Waals surface area contributed by atoms with Crippen LogP contribution >= 0.6 is 0 Å². The molecule has 0 bridgehead atoms. The van der Waals surface area contributed by atoms with Crippen LogP contribution in [0, 0.1) is 0 Å². The van der Waals surface area contributed by atoms with E-state index < -0.39 is 39.2 Å². The molecule has 2 aromatic rings. The Hall–Kier alpha value is -2.63. The Morgan fingerprint density at radius 1 is 1.10 bits per heavy atom. The summed E-state index contributed by atoms with van der Waals surface area (Å²) in [5, 5.41) is 8.94. The van der Waals surface area contributed by atoms with Crippen molar-refractivity contribution in [3.63, 3.8) is 0 Å². The zero-order valence-electron chi connectivity index (χ0n) is 16.6. The van der Waals surface area contributed by atoms with Crippen molar-refractivity contribution in [2.24, 2.45) is 0 Å². The highest BCUT2D eigenvalue weighted by Crippen LogP contribution is 2.42. The Kier molecular flexibility index (Phi) is 6.58. The van der Waals surface area contributed by atoms with Crippen molar-refractivity contribution >= 4 is 16.0 Å². The van der Waals surface area contributed by atoms with Crippen LogP contribution in [-0.2, 0) is 21.0 Å². The molecule has 0 aliphatic carbocycles. The first-order valence-electron chi connectivity index (χ1n) is 9.34. The van der Waals surface area contributed by atoms with Crippen LogP contribution in [0.15, 0.2) is 47.4 Å². The van der Waals surface area contributed by atoms with Gasteiger partial charge in [0.25, 0.3) is 0 Å². The fourth-order valence-electron chi connectivity index (χ4n) is 3.27. The van der Waals surface area contributed by atoms with Gasteiger partial charge in [0.1, 0.15) is 5.75 Å². The molecule has 1 fully saturated rings. The molecule has 1 saturated heterocycles. The highest BCUT2D eigenvalue weighted by molar-refractivity contribution is 7.89. The Balaban J connectivity index is 2.20. The average molecular weight is 458 g/mol. The lowest BCUT2D eigenvalue weighted by Gasteiger charge is -2.32. The van der Waals surface area contributed by atoms with Gasteiger partial charge in [-0.05, 0) is 18.7 Å². The molecule has 168 valence electrons. The Labute approximate surface area is 177 Å². The summed E-state index contributed by atoms with van der Waals surface area (Å²) in [7, 11) is -2.71. The third-order valence-electron chi connectivity index (χ3n) is 4.90. The smallest absolute Gasteiger partial charge is 0.417 e. The number of aliphatic carboxylic acids is 1. The summed E-state index contributed by atoms with van der Waals surface area (Å²) in [5.41, 5.74) is -1.05. The van der Waals surface area contributed by atoms with Crippen LogP contribution in [0.3, 0.4) is 0 Å². The predicted octanol–water partition coefficient (Wildman–Crippen LogP) is 2.77. The minimum Gasteiger partial charge on any atom is -0.481 e. The van der Waals surface area contributed by atoms with E-state index in [9.17, 15) is 26.4 Å². The van der Waals surface area contributed by atoms with Gasteiger partial charge < -0.3 is 14.7 Å². The van der Waals surface area contributed by atoms with E-state index in [0.717, 1.165) is 10.4 Å². The number of hydrogen-bond acceptors (Lipinski definition) is 5. The molecule has 0 amide bonds. The molecule has 1 aliphatic rings. The van der Waals surface area contributed by atoms with Crippen LogP contribution in [0.5, 0.6) is 5.75 Å². The van der Waals surface area contributed by atoms with Crippen LogP contribution in [0.25, 0.3) is 11.1 Å². The molecule has 0 spiro atoms. The van der Waals surface area contributed by atoms with Crippen molar-refractivity contribution in [2.45, 2.75) is 11.1 Å². The number of sulfonamides is 1. The van der Waals surface area contributed by atoms with E-state index in [0.29, 0.717) is 24.7 Å². The summed E-state index contributed by atoms with van der Waals surface area (Å²) < 4.78 is 74.2. The quantitative estimate of drug-likeness (QED) is 0.717. The summed E-state index contributed by atoms with van der Waals surface area (Å²) >= 11 is 0. The molecular weight excluding hydrogens is 437 g/mol. The van der Waals surface area contributed by atoms with E-state index in [1.807, 2.05) is 4.90 Å². The molecule has 0 saturated carbocycles. The van der Waals surface area contributed by atoms with Crippen LogP contribution in [-0.4, -0.2) is 68.5 Å². The highest BCUT2D eigenvalue weighted by Gasteiger charge is 2.41. The Morgan fingerprint density at radius 2 is 1.71 bits per heavy atom. The number of likely N-dealkylation sites (N-methyl/N-ethyl adjacent to an activating group) is 1. The minimum absolute atomic E-state index is 0.0435. The summed E-state index contributed by atoms with van der Waals surface area (Å²) in [6, 6.07) is 9.39. The molecule has 7 nitrogen and oxygen atoms in total. The maximum absolute atomic E-state index is 13.9. The van der Waals surface area contributed by atoms with Crippen molar-refractivity contribution in [3.8, 4) is 16.9 Å². The van der Waals surface area contributed by atoms with Gasteiger partial charge in [0.2, 0.25) is 10.0 Å². The highest BCUT2D eigenvalue weighted by atomic mass is 32.2. The first-order chi connectivity index (χ1) is 14.5. The zero-order valence-corrected chi connectivity index (χ0v) is 17.4. The van der Waals surface area contributed by atoms with Gasteiger partial charge in [-0.2, -0.15) is 17.5 Å². The number of halogens is 3. The zero-order chi connectivity index (χ0) is 22.8. The molecule has 0 atom stereocenters. The molecule has 2 aromatic carbocycles. The van der Waals surface area contributed by atoms with Gasteiger partial charge in [-0.15, -0.1) is 0 Å². The molecule has 0 aromatic heterocycles. The van der Waals surface area contributed by atoms with E-state index in [2.05, 4.69) is 0 Å². The fourth-order valence-corrected chi connectivity index (χ4v) is 4.90. The van der Waals surface area contributed by atoms with Crippen molar-refractivity contribution in [3.05, 3.63) is 48.0 Å². The minimum atomic E-state index is -4.95. The van der Waals surface area contributed by atoms with Crippen LogP contribution < -0.4 is 4.74 Å². The number of carboxylic acid groups (broad SMARTS) is 1. The van der Waals surface area contributed by atoms with E-state index >= 15 is 0 Å². The third-order valence-corrected chi connectivity index (χ3v) is 6.84. The number of hydrogen-bond donors (Lipinski definition) is 1. The van der Waals surface area contributed by atoms with Crippen LogP contribution in [0.2, 0.25) is 0 Å². The van der Waals surface area contributed by atoms with Crippen molar-refractivity contribution < 1.29 is 36.2 Å². The van der Waals surface area contributed by atoms with Gasteiger partial charge in [-0.3, -0.25) is 0 Å². The first-order valence-corrected chi connectivity index (χ1v) is 10.8. The van der Waals surface area contributed by atoms with Crippen LogP contribution in [0.4, 0.5) is 13.2 Å². The Morgan fingerprint density at radius 3 is 2.26 bits per heavy atom. The SMILES string of the molecule is CN1CCN(S(=O)(=O)c2cc(OCC(=O)O)c(-c3ccccc3)cc2C(F)(F)F)CC1. The van der Waals surface area contributed by atoms with Crippen molar-refractivity contribution in [2.75, 3.05) is 39.8 Å². The standard InChI is InChI=1S/C20H21F3N2O5S/c1-24-7-9-25(10-8-24)31(28,29)18-12-17(30-13-19(26)27)15(11-16(18)20(21,22)23)14-5-3-2-4-6-14/h2-6,11-12H,7-10,13H2,1H3,(H,26,27). The third kappa shape index (κ3) is 5.17. The van der Waals surface area contributed by atoms with E-state index in [1.165, 1.54) is 12.1 Å². The maximum Gasteiger partial charge on any atom is 0.417 e. The second-order valence-corrected chi connectivity index (χ2v) is 9.00. The lowest BCUT2D eigenvalue weighted by atomic mass is 10.0. The summed E-state index contributed by atoms with van der Waals surface area (Å²) in [6.45, 7) is 0.0130. The van der Waals surface area contributed by atoms with E-state index in [1.54, 1.807) is 25.2 Å². The number of carbonyl (C=O) groups is 1. The summed E-state index contributed by atoms with van der Waals surface area (Å²) in [4.78, 5) is 11.9. The predicted molar refractivity (Wildman–Crippen MR) is 106 cm³/mol. The fraction of sp³-hybridized carbons (Fsp3) is 0.350. The summed E-state index contributed by atoms with van der Waals surface area (Å²) in [5.74, 6) is -1.60. The van der Waals surface area contributed by atoms with E-state index in [-0.39, 0.29) is 24.4 Å². The van der Waals surface area contributed by atoms with Gasteiger partial charge >= 0.3 is 12.1 Å². The molecule has 1 N–H and O–H groups in total. The lowest BCUT2D eigenvalue weighted by Crippen LogP contribution is -2.47. The average Bonchev–Trinajstić information content (AvgIpc) is 2.72. The van der Waals surface area contributed by atoms with Gasteiger partial charge in [0.05, 0.1) is 10.5 Å². The molecule has 3 rings (SSSR count). The van der Waals surface area contributed by atoms with Gasteiger partial charge in [-0.1, -0.05) is 30.3 Å². The summed E-state index contributed by atoms with van der Waals surface area (Å²) in [6.07, 6.45) is -4.95. The molecule has 1 aliphatic heterocycles. The normalized spacial score (nSPS) is 16.3. The molecule has 1 heterocycles. The number of alkyl halides is 3. The number of nitrogens with zero attached hydrogens (tertiary/aromatic N) is 2. The second-order valence-electron chi connectivity index (χ2n) is 7.10. The topological polar surface area (TPSA) is 87.2 Å².